The summed E-state index contributed by atoms with van der Waals surface area (Å²) in [6.07, 6.45) is 5.84. The Morgan fingerprint density at radius 2 is 2.24 bits per heavy atom. The highest BCUT2D eigenvalue weighted by Crippen LogP contribution is 2.32. The van der Waals surface area contributed by atoms with E-state index in [9.17, 15) is 0 Å². The van der Waals surface area contributed by atoms with Crippen molar-refractivity contribution in [2.45, 2.75) is 19.0 Å². The smallest absolute Gasteiger partial charge is 0.108 e. The predicted molar refractivity (Wildman–Crippen MR) is 97.4 cm³/mol. The topological polar surface area (TPSA) is 62.6 Å². The van der Waals surface area contributed by atoms with E-state index in [4.69, 9.17) is 4.98 Å². The molecule has 1 N–H and O–H groups in total. The second kappa shape index (κ2) is 5.79. The lowest BCUT2D eigenvalue weighted by Gasteiger charge is -2.30. The molecule has 4 heterocycles. The summed E-state index contributed by atoms with van der Waals surface area (Å²) in [5.74, 6) is 0.248. The summed E-state index contributed by atoms with van der Waals surface area (Å²) in [5.41, 5.74) is 4.64. The van der Waals surface area contributed by atoms with E-state index < -0.39 is 0 Å². The molecule has 0 radical (unpaired) electrons. The van der Waals surface area contributed by atoms with Gasteiger partial charge in [-0.05, 0) is 12.1 Å². The largest absolute Gasteiger partial charge is 0.347 e. The van der Waals surface area contributed by atoms with Gasteiger partial charge in [0.15, 0.2) is 0 Å². The fraction of sp³-hybridized carbons (Fsp3) is 0.278. The molecule has 0 amide bonds. The van der Waals surface area contributed by atoms with Gasteiger partial charge < -0.3 is 4.98 Å². The van der Waals surface area contributed by atoms with Gasteiger partial charge in [0.25, 0.3) is 0 Å². The van der Waals surface area contributed by atoms with Crippen molar-refractivity contribution in [2.75, 3.05) is 6.54 Å². The minimum Gasteiger partial charge on any atom is -0.347 e. The first-order valence-electron chi connectivity index (χ1n) is 8.34. The summed E-state index contributed by atoms with van der Waals surface area (Å²) in [4.78, 5) is 15.1. The Morgan fingerprint density at radius 3 is 3.08 bits per heavy atom. The first-order chi connectivity index (χ1) is 12.3. The fourth-order valence-corrected chi connectivity index (χ4v) is 4.58. The summed E-state index contributed by atoms with van der Waals surface area (Å²) in [7, 11) is 1.96. The SMILES string of the molecule is Cn1cc(C2CN(Cc3nc4ccccc4s3)Cc3[nH]cnc32)cn1. The molecule has 0 fully saturated rings. The molecule has 1 aromatic carbocycles. The summed E-state index contributed by atoms with van der Waals surface area (Å²) >= 11 is 1.78. The molecular weight excluding hydrogens is 332 g/mol. The average Bonchev–Trinajstić information content (AvgIpc) is 3.32. The minimum absolute atomic E-state index is 0.248. The molecule has 0 saturated heterocycles. The summed E-state index contributed by atoms with van der Waals surface area (Å²) in [6.45, 7) is 2.66. The van der Waals surface area contributed by atoms with Gasteiger partial charge in [-0.25, -0.2) is 9.97 Å². The third-order valence-electron chi connectivity index (χ3n) is 4.73. The van der Waals surface area contributed by atoms with Gasteiger partial charge in [0.2, 0.25) is 0 Å². The monoisotopic (exact) mass is 350 g/mol. The number of aromatic amines is 1. The molecule has 1 aliphatic rings. The first kappa shape index (κ1) is 14.8. The van der Waals surface area contributed by atoms with Crippen molar-refractivity contribution in [3.8, 4) is 0 Å². The Balaban J connectivity index is 1.45. The standard InChI is InChI=1S/C18H18N6S/c1-23-7-12(6-21-23)13-8-24(9-15-18(13)20-11-19-15)10-17-22-14-4-2-3-5-16(14)25-17/h2-7,11,13H,8-10H2,1H3,(H,19,20). The average molecular weight is 350 g/mol. The van der Waals surface area contributed by atoms with Crippen molar-refractivity contribution in [2.24, 2.45) is 7.05 Å². The van der Waals surface area contributed by atoms with Crippen LogP contribution in [0.2, 0.25) is 0 Å². The first-order valence-corrected chi connectivity index (χ1v) is 9.15. The number of aromatic nitrogens is 5. The highest BCUT2D eigenvalue weighted by atomic mass is 32.1. The number of fused-ring (bicyclic) bond motifs is 2. The van der Waals surface area contributed by atoms with E-state index in [-0.39, 0.29) is 5.92 Å². The van der Waals surface area contributed by atoms with Crippen LogP contribution in [-0.2, 0) is 20.1 Å². The zero-order valence-electron chi connectivity index (χ0n) is 13.9. The Bertz CT molecular complexity index is 996. The maximum atomic E-state index is 4.79. The number of nitrogens with one attached hydrogen (secondary N) is 1. The normalized spacial score (nSPS) is 17.9. The molecule has 3 aromatic heterocycles. The van der Waals surface area contributed by atoms with E-state index >= 15 is 0 Å². The Morgan fingerprint density at radius 1 is 1.32 bits per heavy atom. The van der Waals surface area contributed by atoms with Crippen molar-refractivity contribution < 1.29 is 0 Å². The lowest BCUT2D eigenvalue weighted by molar-refractivity contribution is 0.227. The molecule has 0 bridgehead atoms. The van der Waals surface area contributed by atoms with Gasteiger partial charge in [0, 0.05) is 37.8 Å². The second-order valence-electron chi connectivity index (χ2n) is 6.51. The van der Waals surface area contributed by atoms with Gasteiger partial charge >= 0.3 is 0 Å². The number of para-hydroxylation sites is 1. The summed E-state index contributed by atoms with van der Waals surface area (Å²) < 4.78 is 3.11. The zero-order valence-corrected chi connectivity index (χ0v) is 14.7. The van der Waals surface area contributed by atoms with E-state index in [1.54, 1.807) is 17.7 Å². The maximum absolute atomic E-state index is 4.79. The molecule has 126 valence electrons. The fourth-order valence-electron chi connectivity index (χ4n) is 3.57. The third kappa shape index (κ3) is 2.65. The molecule has 0 aliphatic carbocycles. The quantitative estimate of drug-likeness (QED) is 0.617. The van der Waals surface area contributed by atoms with Crippen molar-refractivity contribution >= 4 is 21.6 Å². The van der Waals surface area contributed by atoms with Gasteiger partial charge in [-0.3, -0.25) is 9.58 Å². The van der Waals surface area contributed by atoms with Gasteiger partial charge in [-0.15, -0.1) is 11.3 Å². The molecular formula is C18H18N6S. The van der Waals surface area contributed by atoms with Crippen molar-refractivity contribution in [1.82, 2.24) is 29.6 Å². The van der Waals surface area contributed by atoms with E-state index in [1.807, 2.05) is 24.0 Å². The Kier molecular flexibility index (Phi) is 3.43. The maximum Gasteiger partial charge on any atom is 0.108 e. The van der Waals surface area contributed by atoms with E-state index in [0.29, 0.717) is 0 Å². The number of imidazole rings is 1. The number of rotatable bonds is 3. The molecule has 7 heteroatoms. The summed E-state index contributed by atoms with van der Waals surface area (Å²) in [6, 6.07) is 8.33. The van der Waals surface area contributed by atoms with Crippen LogP contribution in [0.1, 0.15) is 27.9 Å². The molecule has 4 aromatic rings. The van der Waals surface area contributed by atoms with Gasteiger partial charge in [0.1, 0.15) is 5.01 Å². The number of thiazole rings is 1. The minimum atomic E-state index is 0.248. The number of hydrogen-bond donors (Lipinski definition) is 1. The van der Waals surface area contributed by atoms with Crippen molar-refractivity contribution in [1.29, 1.82) is 0 Å². The molecule has 1 unspecified atom stereocenters. The van der Waals surface area contributed by atoms with Gasteiger partial charge in [-0.2, -0.15) is 5.10 Å². The number of aryl methyl sites for hydroxylation is 1. The van der Waals surface area contributed by atoms with E-state index in [1.165, 1.54) is 16.0 Å². The van der Waals surface area contributed by atoms with Crippen molar-refractivity contribution in [3.05, 3.63) is 64.9 Å². The van der Waals surface area contributed by atoms with Gasteiger partial charge in [0.05, 0.1) is 40.7 Å². The molecule has 6 nitrogen and oxygen atoms in total. The van der Waals surface area contributed by atoms with Crippen LogP contribution >= 0.6 is 11.3 Å². The lowest BCUT2D eigenvalue weighted by atomic mass is 9.93. The molecule has 5 rings (SSSR count). The van der Waals surface area contributed by atoms with Crippen LogP contribution in [0.5, 0.6) is 0 Å². The van der Waals surface area contributed by atoms with Crippen LogP contribution in [0, 0.1) is 0 Å². The third-order valence-corrected chi connectivity index (χ3v) is 5.75. The zero-order chi connectivity index (χ0) is 16.8. The number of hydrogen-bond acceptors (Lipinski definition) is 5. The van der Waals surface area contributed by atoms with Gasteiger partial charge in [-0.1, -0.05) is 12.1 Å². The van der Waals surface area contributed by atoms with E-state index in [0.717, 1.165) is 35.9 Å². The molecule has 0 spiro atoms. The Hall–Kier alpha value is -2.51. The predicted octanol–water partition coefficient (Wildman–Crippen LogP) is 2.90. The van der Waals surface area contributed by atoms with Crippen LogP contribution in [0.25, 0.3) is 10.2 Å². The molecule has 1 atom stereocenters. The molecule has 0 saturated carbocycles. The second-order valence-corrected chi connectivity index (χ2v) is 7.63. The number of nitrogens with zero attached hydrogens (tertiary/aromatic N) is 5. The number of benzene rings is 1. The highest BCUT2D eigenvalue weighted by molar-refractivity contribution is 7.18. The van der Waals surface area contributed by atoms with Crippen LogP contribution < -0.4 is 0 Å². The van der Waals surface area contributed by atoms with Crippen molar-refractivity contribution in [3.63, 3.8) is 0 Å². The molecule has 25 heavy (non-hydrogen) atoms. The molecule has 1 aliphatic heterocycles. The Labute approximate surface area is 149 Å². The highest BCUT2D eigenvalue weighted by Gasteiger charge is 2.30. The van der Waals surface area contributed by atoms with Crippen LogP contribution in [-0.4, -0.2) is 36.2 Å². The summed E-state index contributed by atoms with van der Waals surface area (Å²) in [5, 5.41) is 5.50. The number of H-pyrrole nitrogens is 1. The van der Waals surface area contributed by atoms with Crippen LogP contribution in [0.4, 0.5) is 0 Å². The van der Waals surface area contributed by atoms with Crippen LogP contribution in [0.15, 0.2) is 43.0 Å². The van der Waals surface area contributed by atoms with E-state index in [2.05, 4.69) is 44.4 Å². The van der Waals surface area contributed by atoms with Crippen LogP contribution in [0.3, 0.4) is 0 Å². The lowest BCUT2D eigenvalue weighted by Crippen LogP contribution is -2.33.